The van der Waals surface area contributed by atoms with E-state index in [1.165, 1.54) is 31.4 Å². The highest BCUT2D eigenvalue weighted by atomic mass is 19.1. The van der Waals surface area contributed by atoms with Crippen LogP contribution in [0.5, 0.6) is 11.5 Å². The van der Waals surface area contributed by atoms with Crippen molar-refractivity contribution in [3.63, 3.8) is 0 Å². The molecule has 0 spiro atoms. The minimum Gasteiger partial charge on any atom is -0.492 e. The number of hydrogen-bond acceptors (Lipinski definition) is 7. The van der Waals surface area contributed by atoms with Crippen LogP contribution in [0.15, 0.2) is 72.8 Å². The van der Waals surface area contributed by atoms with Crippen LogP contribution < -0.4 is 15.2 Å². The van der Waals surface area contributed by atoms with Gasteiger partial charge in [-0.25, -0.2) is 9.37 Å². The largest absolute Gasteiger partial charge is 0.492 e. The van der Waals surface area contributed by atoms with Gasteiger partial charge in [0.1, 0.15) is 23.9 Å². The van der Waals surface area contributed by atoms with Crippen LogP contribution in [0, 0.1) is 5.82 Å². The number of aromatic amines is 2. The van der Waals surface area contributed by atoms with Crippen molar-refractivity contribution in [1.82, 2.24) is 30.0 Å². The molecule has 2 aliphatic rings. The summed E-state index contributed by atoms with van der Waals surface area (Å²) < 4.78 is 27.0. The first-order chi connectivity index (χ1) is 22.4. The second-order valence-electron chi connectivity index (χ2n) is 12.4. The highest BCUT2D eigenvalue weighted by molar-refractivity contribution is 5.94. The van der Waals surface area contributed by atoms with E-state index in [0.29, 0.717) is 35.7 Å². The van der Waals surface area contributed by atoms with E-state index in [1.54, 1.807) is 6.20 Å². The van der Waals surface area contributed by atoms with Crippen molar-refractivity contribution in [3.8, 4) is 34.0 Å². The number of rotatable bonds is 9. The van der Waals surface area contributed by atoms with E-state index in [1.807, 2.05) is 55.7 Å². The Labute approximate surface area is 267 Å². The lowest BCUT2D eigenvalue weighted by atomic mass is 9.97. The lowest BCUT2D eigenvalue weighted by Crippen LogP contribution is -2.19. The number of hydrogen-bond donors (Lipinski definition) is 3. The van der Waals surface area contributed by atoms with E-state index in [-0.39, 0.29) is 11.9 Å². The fraction of sp³-hybridized carbons (Fsp3) is 0.306. The second kappa shape index (κ2) is 12.8. The molecule has 46 heavy (non-hydrogen) atoms. The van der Waals surface area contributed by atoms with Gasteiger partial charge in [-0.05, 0) is 87.3 Å². The molecule has 4 N–H and O–H groups in total. The van der Waals surface area contributed by atoms with Gasteiger partial charge in [0, 0.05) is 64.9 Å². The van der Waals surface area contributed by atoms with Gasteiger partial charge in [0.15, 0.2) is 5.65 Å². The molecule has 0 radical (unpaired) electrons. The summed E-state index contributed by atoms with van der Waals surface area (Å²) in [5.41, 5.74) is 14.5. The first-order valence-corrected chi connectivity index (χ1v) is 15.8. The first-order valence-electron chi connectivity index (χ1n) is 15.8. The van der Waals surface area contributed by atoms with Gasteiger partial charge in [-0.3, -0.25) is 10.1 Å². The van der Waals surface area contributed by atoms with Gasteiger partial charge in [-0.2, -0.15) is 5.10 Å². The molecule has 1 aromatic carbocycles. The Bertz CT molecular complexity index is 1930. The molecular weight excluding hydrogens is 581 g/mol. The maximum Gasteiger partial charge on any atom is 0.181 e. The van der Waals surface area contributed by atoms with Crippen LogP contribution in [0.2, 0.25) is 0 Å². The van der Waals surface area contributed by atoms with Crippen LogP contribution in [0.1, 0.15) is 48.9 Å². The van der Waals surface area contributed by atoms with Crippen LogP contribution >= 0.6 is 0 Å². The van der Waals surface area contributed by atoms with Crippen molar-refractivity contribution in [2.45, 2.75) is 44.6 Å². The lowest BCUT2D eigenvalue weighted by molar-refractivity contribution is 0.154. The molecule has 0 bridgehead atoms. The minimum absolute atomic E-state index is 0.243. The number of ether oxygens (including phenoxy) is 2. The Kier molecular flexibility index (Phi) is 8.28. The molecule has 4 aromatic heterocycles. The van der Waals surface area contributed by atoms with Gasteiger partial charge in [-0.15, -0.1) is 0 Å². The molecule has 7 rings (SSSR count). The number of allylic oxidation sites excluding steroid dienone is 3. The average molecular weight is 620 g/mol. The topological polar surface area (TPSA) is 118 Å². The van der Waals surface area contributed by atoms with Crippen molar-refractivity contribution < 1.29 is 13.9 Å². The number of likely N-dealkylation sites (N-methyl/N-ethyl adjacent to an activating group) is 1. The summed E-state index contributed by atoms with van der Waals surface area (Å²) in [6.45, 7) is 1.18. The number of halogens is 1. The zero-order valence-electron chi connectivity index (χ0n) is 26.1. The number of nitrogens with two attached hydrogens (primary N) is 1. The molecule has 0 unspecified atom stereocenters. The summed E-state index contributed by atoms with van der Waals surface area (Å²) in [5, 5.41) is 8.54. The zero-order chi connectivity index (χ0) is 31.6. The van der Waals surface area contributed by atoms with Crippen molar-refractivity contribution in [3.05, 3.63) is 95.5 Å². The van der Waals surface area contributed by atoms with Crippen LogP contribution in [-0.2, 0) is 6.42 Å². The normalized spacial score (nSPS) is 15.4. The highest BCUT2D eigenvalue weighted by Gasteiger charge is 2.21. The number of pyridine rings is 2. The summed E-state index contributed by atoms with van der Waals surface area (Å²) in [7, 11) is 3.95. The van der Waals surface area contributed by atoms with Gasteiger partial charge in [0.05, 0.1) is 23.7 Å². The van der Waals surface area contributed by atoms with Crippen molar-refractivity contribution >= 4 is 16.6 Å². The lowest BCUT2D eigenvalue weighted by Gasteiger charge is -2.23. The first kappa shape index (κ1) is 29.7. The van der Waals surface area contributed by atoms with E-state index in [0.717, 1.165) is 69.9 Å². The molecule has 0 amide bonds. The third-order valence-electron chi connectivity index (χ3n) is 8.60. The van der Waals surface area contributed by atoms with E-state index in [9.17, 15) is 4.39 Å². The molecule has 0 saturated heterocycles. The highest BCUT2D eigenvalue weighted by Crippen LogP contribution is 2.37. The third kappa shape index (κ3) is 6.39. The summed E-state index contributed by atoms with van der Waals surface area (Å²) >= 11 is 0. The molecule has 2 aliphatic carbocycles. The summed E-state index contributed by atoms with van der Waals surface area (Å²) in [5.74, 6) is 0.897. The van der Waals surface area contributed by atoms with Gasteiger partial charge < -0.3 is 25.1 Å². The van der Waals surface area contributed by atoms with Crippen LogP contribution in [-0.4, -0.2) is 63.4 Å². The second-order valence-corrected chi connectivity index (χ2v) is 12.4. The van der Waals surface area contributed by atoms with E-state index >= 15 is 0 Å². The van der Waals surface area contributed by atoms with E-state index in [4.69, 9.17) is 15.2 Å². The fourth-order valence-corrected chi connectivity index (χ4v) is 6.23. The van der Waals surface area contributed by atoms with Crippen LogP contribution in [0.3, 0.4) is 0 Å². The summed E-state index contributed by atoms with van der Waals surface area (Å²) in [6.07, 6.45) is 15.9. The average Bonchev–Trinajstić information content (AvgIpc) is 3.61. The number of aromatic nitrogens is 5. The molecular formula is C36H38FN7O2. The Hall–Kier alpha value is -4.96. The molecule has 10 heteroatoms. The Morgan fingerprint density at radius 2 is 1.76 bits per heavy atom. The van der Waals surface area contributed by atoms with Gasteiger partial charge in [0.2, 0.25) is 0 Å². The molecule has 4 heterocycles. The van der Waals surface area contributed by atoms with Crippen LogP contribution in [0.25, 0.3) is 39.1 Å². The molecule has 5 aromatic rings. The quantitative estimate of drug-likeness (QED) is 0.169. The molecule has 0 aliphatic heterocycles. The van der Waals surface area contributed by atoms with E-state index < -0.39 is 0 Å². The van der Waals surface area contributed by atoms with Gasteiger partial charge in [0.25, 0.3) is 0 Å². The van der Waals surface area contributed by atoms with Crippen molar-refractivity contribution in [1.29, 1.82) is 0 Å². The van der Waals surface area contributed by atoms with E-state index in [2.05, 4.69) is 37.3 Å². The molecule has 1 fully saturated rings. The zero-order valence-corrected chi connectivity index (χ0v) is 26.1. The molecule has 1 saturated carbocycles. The standard InChI is InChI=1S/C36H38FN7O2/c1-44(2)10-11-45-28-13-22(12-25(37)16-28)30-9-8-26(38)17-33-31(30)18-34(41-33)35-32-15-24(20-40-36(32)43-42-35)23-14-29(21-39-19-23)46-27-6-4-3-5-7-27/h8-9,12-16,18-21,27,41H,3-7,10-11,17,38H2,1-2H3,(H,40,42,43). The maximum absolute atomic E-state index is 14.8. The van der Waals surface area contributed by atoms with Crippen molar-refractivity contribution in [2.75, 3.05) is 27.2 Å². The number of nitrogens with zero attached hydrogens (tertiary/aromatic N) is 4. The smallest absolute Gasteiger partial charge is 0.181 e. The Morgan fingerprint density at radius 3 is 2.61 bits per heavy atom. The SMILES string of the molecule is CN(C)CCOc1cc(F)cc(C2=CC=C(N)Cc3[nH]c(-c4[nH]nc5ncc(-c6cncc(OC7CCCCC7)c6)cc45)cc32)c1. The summed E-state index contributed by atoms with van der Waals surface area (Å²) in [6, 6.07) is 11.0. The number of fused-ring (bicyclic) bond motifs is 2. The number of nitrogens with one attached hydrogen (secondary N) is 2. The predicted octanol–water partition coefficient (Wildman–Crippen LogP) is 6.64. The Morgan fingerprint density at radius 1 is 0.935 bits per heavy atom. The third-order valence-corrected chi connectivity index (χ3v) is 8.60. The molecule has 236 valence electrons. The predicted molar refractivity (Wildman–Crippen MR) is 178 cm³/mol. The minimum atomic E-state index is -0.363. The fourth-order valence-electron chi connectivity index (χ4n) is 6.23. The maximum atomic E-state index is 14.8. The molecule has 0 atom stereocenters. The monoisotopic (exact) mass is 619 g/mol. The number of H-pyrrole nitrogens is 2. The molecule has 9 nitrogen and oxygen atoms in total. The van der Waals surface area contributed by atoms with Crippen molar-refractivity contribution in [2.24, 2.45) is 5.73 Å². The van der Waals surface area contributed by atoms with Crippen LogP contribution in [0.4, 0.5) is 4.39 Å². The Balaban J connectivity index is 1.21. The van der Waals surface area contributed by atoms with Gasteiger partial charge >= 0.3 is 0 Å². The summed E-state index contributed by atoms with van der Waals surface area (Å²) in [4.78, 5) is 14.7. The number of benzene rings is 1. The van der Waals surface area contributed by atoms with Gasteiger partial charge in [-0.1, -0.05) is 12.5 Å².